The lowest BCUT2D eigenvalue weighted by Crippen LogP contribution is -2.38. The number of benzene rings is 2. The normalized spacial score (nSPS) is 17.7. The molecule has 5 heteroatoms. The van der Waals surface area contributed by atoms with E-state index in [-0.39, 0.29) is 11.9 Å². The lowest BCUT2D eigenvalue weighted by atomic mass is 10.0. The Morgan fingerprint density at radius 3 is 2.81 bits per heavy atom. The van der Waals surface area contributed by atoms with Crippen LogP contribution in [0.2, 0.25) is 0 Å². The molecule has 1 amide bonds. The molecule has 0 radical (unpaired) electrons. The summed E-state index contributed by atoms with van der Waals surface area (Å²) in [4.78, 5) is 20.2. The average Bonchev–Trinajstić information content (AvgIpc) is 3.29. The number of amides is 1. The van der Waals surface area contributed by atoms with Gasteiger partial charge in [0, 0.05) is 17.5 Å². The molecule has 27 heavy (non-hydrogen) atoms. The molecule has 1 atom stereocenters. The van der Waals surface area contributed by atoms with Crippen LogP contribution in [-0.4, -0.2) is 22.3 Å². The molecule has 1 aliphatic heterocycles. The summed E-state index contributed by atoms with van der Waals surface area (Å²) < 4.78 is 7.12. The molecule has 4 nitrogen and oxygen atoms in total. The fourth-order valence-corrected chi connectivity index (χ4v) is 5.09. The molecule has 2 aromatic heterocycles. The molecule has 0 unspecified atom stereocenters. The number of nitrogens with zero attached hydrogens (tertiary/aromatic N) is 2. The van der Waals surface area contributed by atoms with E-state index in [1.54, 1.807) is 11.3 Å². The Balaban J connectivity index is 1.54. The zero-order chi connectivity index (χ0) is 18.4. The van der Waals surface area contributed by atoms with Crippen molar-refractivity contribution in [2.75, 3.05) is 6.54 Å². The highest BCUT2D eigenvalue weighted by Gasteiger charge is 2.33. The van der Waals surface area contributed by atoms with E-state index in [1.807, 2.05) is 54.3 Å². The van der Waals surface area contributed by atoms with Crippen LogP contribution in [0.3, 0.4) is 0 Å². The van der Waals surface area contributed by atoms with Crippen LogP contribution in [0.15, 0.2) is 52.9 Å². The van der Waals surface area contributed by atoms with Gasteiger partial charge in [0.05, 0.1) is 16.3 Å². The molecular weight excluding hydrogens is 356 g/mol. The van der Waals surface area contributed by atoms with E-state index in [9.17, 15) is 4.79 Å². The first-order valence-electron chi connectivity index (χ1n) is 9.37. The first-order valence-corrected chi connectivity index (χ1v) is 10.2. The quantitative estimate of drug-likeness (QED) is 0.449. The molecule has 0 spiro atoms. The minimum Gasteiger partial charge on any atom is -0.451 e. The molecule has 1 fully saturated rings. The van der Waals surface area contributed by atoms with Gasteiger partial charge in [-0.1, -0.05) is 30.3 Å². The first-order chi connectivity index (χ1) is 13.2. The first kappa shape index (κ1) is 16.5. The monoisotopic (exact) mass is 376 g/mol. The second-order valence-corrected chi connectivity index (χ2v) is 8.14. The van der Waals surface area contributed by atoms with Crippen molar-refractivity contribution in [2.45, 2.75) is 32.2 Å². The number of carbonyl (C=O) groups excluding carboxylic acids is 1. The second-order valence-electron chi connectivity index (χ2n) is 7.08. The van der Waals surface area contributed by atoms with Crippen LogP contribution in [0.1, 0.15) is 46.4 Å². The van der Waals surface area contributed by atoms with Gasteiger partial charge >= 0.3 is 0 Å². The molecule has 1 saturated heterocycles. The standard InChI is InChI=1S/C22H20N2O2S/c1-14-15-8-2-4-11-18(15)26-20(14)22(25)24-13-7-6-10-17(24)21-23-16-9-3-5-12-19(16)27-21/h2-5,8-9,11-12,17H,6-7,10,13H2,1H3/t17-/m0/s1. The lowest BCUT2D eigenvalue weighted by Gasteiger charge is -2.34. The summed E-state index contributed by atoms with van der Waals surface area (Å²) in [7, 11) is 0. The number of piperidine rings is 1. The average molecular weight is 376 g/mol. The van der Waals surface area contributed by atoms with E-state index in [2.05, 4.69) is 6.07 Å². The van der Waals surface area contributed by atoms with Gasteiger partial charge in [-0.05, 0) is 44.4 Å². The fourth-order valence-electron chi connectivity index (χ4n) is 3.97. The Labute approximate surface area is 161 Å². The number of likely N-dealkylation sites (tertiary alicyclic amines) is 1. The van der Waals surface area contributed by atoms with Gasteiger partial charge in [0.25, 0.3) is 5.91 Å². The Morgan fingerprint density at radius 1 is 1.15 bits per heavy atom. The number of rotatable bonds is 2. The van der Waals surface area contributed by atoms with Crippen LogP contribution in [0.25, 0.3) is 21.2 Å². The van der Waals surface area contributed by atoms with Crippen molar-refractivity contribution < 1.29 is 9.21 Å². The number of carbonyl (C=O) groups is 1. The molecule has 0 N–H and O–H groups in total. The molecule has 1 aliphatic rings. The number of aryl methyl sites for hydroxylation is 1. The Kier molecular flexibility index (Phi) is 3.97. The maximum atomic E-state index is 13.4. The Morgan fingerprint density at radius 2 is 1.96 bits per heavy atom. The molecule has 2 aromatic carbocycles. The van der Waals surface area contributed by atoms with Crippen LogP contribution >= 0.6 is 11.3 Å². The fraction of sp³-hybridized carbons (Fsp3) is 0.273. The molecule has 3 heterocycles. The van der Waals surface area contributed by atoms with Gasteiger partial charge in [-0.2, -0.15) is 0 Å². The van der Waals surface area contributed by atoms with Crippen molar-refractivity contribution in [1.29, 1.82) is 0 Å². The molecule has 0 saturated carbocycles. The minimum absolute atomic E-state index is 0.0207. The number of hydrogen-bond acceptors (Lipinski definition) is 4. The van der Waals surface area contributed by atoms with E-state index >= 15 is 0 Å². The zero-order valence-corrected chi connectivity index (χ0v) is 16.0. The summed E-state index contributed by atoms with van der Waals surface area (Å²) in [6, 6.07) is 16.0. The van der Waals surface area contributed by atoms with Crippen molar-refractivity contribution >= 4 is 38.4 Å². The molecule has 5 rings (SSSR count). The summed E-state index contributed by atoms with van der Waals surface area (Å²) >= 11 is 1.69. The van der Waals surface area contributed by atoms with Crippen LogP contribution in [-0.2, 0) is 0 Å². The number of thiazole rings is 1. The molecule has 136 valence electrons. The number of hydrogen-bond donors (Lipinski definition) is 0. The summed E-state index contributed by atoms with van der Waals surface area (Å²) in [5.74, 6) is 0.442. The summed E-state index contributed by atoms with van der Waals surface area (Å²) in [5.41, 5.74) is 2.70. The largest absolute Gasteiger partial charge is 0.451 e. The third-order valence-electron chi connectivity index (χ3n) is 5.40. The van der Waals surface area contributed by atoms with Gasteiger partial charge in [-0.3, -0.25) is 4.79 Å². The zero-order valence-electron chi connectivity index (χ0n) is 15.1. The smallest absolute Gasteiger partial charge is 0.290 e. The lowest BCUT2D eigenvalue weighted by molar-refractivity contribution is 0.0580. The SMILES string of the molecule is Cc1c(C(=O)N2CCCC[C@H]2c2nc3ccccc3s2)oc2ccccc12. The molecule has 0 bridgehead atoms. The molecule has 4 aromatic rings. The van der Waals surface area contributed by atoms with Crippen LogP contribution in [0.5, 0.6) is 0 Å². The van der Waals surface area contributed by atoms with Crippen molar-refractivity contribution in [2.24, 2.45) is 0 Å². The second kappa shape index (κ2) is 6.50. The van der Waals surface area contributed by atoms with Gasteiger partial charge < -0.3 is 9.32 Å². The van der Waals surface area contributed by atoms with Gasteiger partial charge in [-0.25, -0.2) is 4.98 Å². The number of para-hydroxylation sites is 2. The van der Waals surface area contributed by atoms with Gasteiger partial charge in [0.2, 0.25) is 0 Å². The van der Waals surface area contributed by atoms with Gasteiger partial charge in [-0.15, -0.1) is 11.3 Å². The topological polar surface area (TPSA) is 46.3 Å². The van der Waals surface area contributed by atoms with E-state index in [0.717, 1.165) is 52.9 Å². The van der Waals surface area contributed by atoms with Crippen molar-refractivity contribution in [3.05, 3.63) is 64.9 Å². The molecule has 0 aliphatic carbocycles. The van der Waals surface area contributed by atoms with E-state index in [4.69, 9.17) is 9.40 Å². The highest BCUT2D eigenvalue weighted by Crippen LogP contribution is 2.37. The predicted molar refractivity (Wildman–Crippen MR) is 108 cm³/mol. The van der Waals surface area contributed by atoms with Crippen molar-refractivity contribution in [1.82, 2.24) is 9.88 Å². The van der Waals surface area contributed by atoms with E-state index < -0.39 is 0 Å². The van der Waals surface area contributed by atoms with Gasteiger partial charge in [0.15, 0.2) is 5.76 Å². The number of aromatic nitrogens is 1. The third kappa shape index (κ3) is 2.73. The van der Waals surface area contributed by atoms with Crippen LogP contribution < -0.4 is 0 Å². The highest BCUT2D eigenvalue weighted by atomic mass is 32.1. The minimum atomic E-state index is -0.0207. The molecular formula is C22H20N2O2S. The Hall–Kier alpha value is -2.66. The summed E-state index contributed by atoms with van der Waals surface area (Å²) in [6.45, 7) is 2.71. The number of furan rings is 1. The van der Waals surface area contributed by atoms with Crippen LogP contribution in [0.4, 0.5) is 0 Å². The predicted octanol–water partition coefficient (Wildman–Crippen LogP) is 5.72. The summed E-state index contributed by atoms with van der Waals surface area (Å²) in [6.07, 6.45) is 3.08. The van der Waals surface area contributed by atoms with Crippen LogP contribution in [0, 0.1) is 6.92 Å². The summed E-state index contributed by atoms with van der Waals surface area (Å²) in [5, 5.41) is 2.03. The third-order valence-corrected chi connectivity index (χ3v) is 6.53. The van der Waals surface area contributed by atoms with Crippen molar-refractivity contribution in [3.63, 3.8) is 0 Å². The van der Waals surface area contributed by atoms with E-state index in [0.29, 0.717) is 5.76 Å². The van der Waals surface area contributed by atoms with E-state index in [1.165, 1.54) is 4.70 Å². The number of fused-ring (bicyclic) bond motifs is 2. The van der Waals surface area contributed by atoms with Crippen molar-refractivity contribution in [3.8, 4) is 0 Å². The maximum Gasteiger partial charge on any atom is 0.290 e. The van der Waals surface area contributed by atoms with Gasteiger partial charge in [0.1, 0.15) is 10.6 Å². The highest BCUT2D eigenvalue weighted by molar-refractivity contribution is 7.18. The maximum absolute atomic E-state index is 13.4. The Bertz CT molecular complexity index is 1110.